The first-order valence-electron chi connectivity index (χ1n) is 7.67. The molecule has 25 heavy (non-hydrogen) atoms. The van der Waals surface area contributed by atoms with Crippen LogP contribution in [0.4, 0.5) is 4.79 Å². The van der Waals surface area contributed by atoms with E-state index in [1.807, 2.05) is 32.9 Å². The molecule has 0 aromatic heterocycles. The lowest BCUT2D eigenvalue weighted by Gasteiger charge is -2.14. The van der Waals surface area contributed by atoms with Gasteiger partial charge in [-0.25, -0.2) is 0 Å². The van der Waals surface area contributed by atoms with Crippen molar-refractivity contribution in [2.24, 2.45) is 0 Å². The average molecular weight is 355 g/mol. The van der Waals surface area contributed by atoms with E-state index in [1.165, 1.54) is 0 Å². The average Bonchev–Trinajstić information content (AvgIpc) is 2.89. The Morgan fingerprint density at radius 3 is 2.36 bits per heavy atom. The second-order valence-electron chi connectivity index (χ2n) is 5.81. The minimum absolute atomic E-state index is 0.286. The van der Waals surface area contributed by atoms with Crippen LogP contribution in [0.1, 0.15) is 22.3 Å². The molecule has 0 atom stereocenters. The first-order chi connectivity index (χ1) is 11.8. The van der Waals surface area contributed by atoms with Crippen LogP contribution in [0.5, 0.6) is 17.2 Å². The van der Waals surface area contributed by atoms with Gasteiger partial charge in [0.1, 0.15) is 17.2 Å². The number of benzene rings is 2. The van der Waals surface area contributed by atoms with Crippen molar-refractivity contribution in [2.75, 3.05) is 0 Å². The summed E-state index contributed by atoms with van der Waals surface area (Å²) in [5, 5.41) is 11.8. The van der Waals surface area contributed by atoms with Gasteiger partial charge in [0, 0.05) is 0 Å². The number of aromatic hydroxyl groups is 1. The second kappa shape index (κ2) is 6.64. The maximum atomic E-state index is 11.6. The zero-order chi connectivity index (χ0) is 18.1. The highest BCUT2D eigenvalue weighted by Crippen LogP contribution is 2.34. The summed E-state index contributed by atoms with van der Waals surface area (Å²) in [6, 6.07) is 9.02. The minimum Gasteiger partial charge on any atom is -0.507 e. The van der Waals surface area contributed by atoms with Crippen molar-refractivity contribution in [1.29, 1.82) is 0 Å². The fraction of sp³-hybridized carbons (Fsp3) is 0.158. The maximum absolute atomic E-state index is 11.6. The van der Waals surface area contributed by atoms with E-state index in [2.05, 4.69) is 5.32 Å². The van der Waals surface area contributed by atoms with Gasteiger partial charge in [-0.15, -0.1) is 0 Å². The summed E-state index contributed by atoms with van der Waals surface area (Å²) >= 11 is 0.888. The first kappa shape index (κ1) is 17.1. The van der Waals surface area contributed by atoms with Crippen LogP contribution >= 0.6 is 11.8 Å². The Kier molecular flexibility index (Phi) is 4.55. The molecule has 2 amide bonds. The Hall–Kier alpha value is -2.73. The summed E-state index contributed by atoms with van der Waals surface area (Å²) in [4.78, 5) is 23.1. The van der Waals surface area contributed by atoms with Gasteiger partial charge in [-0.05, 0) is 79.1 Å². The van der Waals surface area contributed by atoms with Crippen LogP contribution in [0, 0.1) is 20.8 Å². The van der Waals surface area contributed by atoms with E-state index in [1.54, 1.807) is 24.3 Å². The van der Waals surface area contributed by atoms with E-state index < -0.39 is 0 Å². The molecule has 1 heterocycles. The number of phenolic OH excluding ortho intramolecular Hbond substituents is 1. The van der Waals surface area contributed by atoms with Gasteiger partial charge in [0.05, 0.1) is 4.91 Å². The lowest BCUT2D eigenvalue weighted by atomic mass is 10.0. The molecule has 1 aliphatic heterocycles. The molecule has 5 nitrogen and oxygen atoms in total. The van der Waals surface area contributed by atoms with Crippen molar-refractivity contribution in [1.82, 2.24) is 5.32 Å². The van der Waals surface area contributed by atoms with Crippen molar-refractivity contribution >= 4 is 29.0 Å². The molecular weight excluding hydrogens is 338 g/mol. The number of hydrogen-bond acceptors (Lipinski definition) is 5. The van der Waals surface area contributed by atoms with E-state index in [0.29, 0.717) is 16.4 Å². The third-order valence-corrected chi connectivity index (χ3v) is 4.87. The summed E-state index contributed by atoms with van der Waals surface area (Å²) in [6.07, 6.45) is 1.66. The van der Waals surface area contributed by atoms with Crippen molar-refractivity contribution in [2.45, 2.75) is 20.8 Å². The van der Waals surface area contributed by atoms with Gasteiger partial charge in [-0.3, -0.25) is 14.9 Å². The van der Waals surface area contributed by atoms with E-state index in [0.717, 1.165) is 34.0 Å². The zero-order valence-corrected chi connectivity index (χ0v) is 14.9. The van der Waals surface area contributed by atoms with Crippen LogP contribution in [0.3, 0.4) is 0 Å². The summed E-state index contributed by atoms with van der Waals surface area (Å²) < 4.78 is 5.92. The molecule has 0 aliphatic carbocycles. The van der Waals surface area contributed by atoms with Gasteiger partial charge in [0.2, 0.25) is 0 Å². The van der Waals surface area contributed by atoms with E-state index in [-0.39, 0.29) is 16.9 Å². The lowest BCUT2D eigenvalue weighted by Crippen LogP contribution is -2.17. The van der Waals surface area contributed by atoms with Crippen molar-refractivity contribution in [3.05, 3.63) is 57.5 Å². The first-order valence-corrected chi connectivity index (χ1v) is 8.49. The number of nitrogens with one attached hydrogen (secondary N) is 1. The summed E-state index contributed by atoms with van der Waals surface area (Å²) in [5.41, 5.74) is 3.24. The Morgan fingerprint density at radius 1 is 1.08 bits per heavy atom. The third-order valence-electron chi connectivity index (χ3n) is 4.06. The number of amides is 2. The molecule has 2 aromatic carbocycles. The Bertz CT molecular complexity index is 901. The van der Waals surface area contributed by atoms with Gasteiger partial charge in [0.15, 0.2) is 0 Å². The van der Waals surface area contributed by atoms with E-state index >= 15 is 0 Å². The topological polar surface area (TPSA) is 75.6 Å². The Labute approximate surface area is 149 Å². The number of rotatable bonds is 3. The molecule has 2 aromatic rings. The molecule has 0 spiro atoms. The number of carbonyl (C=O) groups is 2. The van der Waals surface area contributed by atoms with Gasteiger partial charge < -0.3 is 9.84 Å². The molecule has 1 fully saturated rings. The van der Waals surface area contributed by atoms with Gasteiger partial charge in [-0.1, -0.05) is 12.1 Å². The number of imide groups is 1. The molecule has 2 N–H and O–H groups in total. The highest BCUT2D eigenvalue weighted by molar-refractivity contribution is 8.18. The van der Waals surface area contributed by atoms with Gasteiger partial charge in [-0.2, -0.15) is 0 Å². The lowest BCUT2D eigenvalue weighted by molar-refractivity contribution is -0.115. The number of thioether (sulfide) groups is 1. The number of aryl methyl sites for hydroxylation is 1. The van der Waals surface area contributed by atoms with Crippen LogP contribution in [-0.4, -0.2) is 16.3 Å². The molecule has 0 unspecified atom stereocenters. The molecule has 128 valence electrons. The SMILES string of the molecule is Cc1cc(Oc2ccc(/C=C3\SC(=O)NC3=O)cc2)c(C)c(C)c1O. The number of hydrogen-bond donors (Lipinski definition) is 2. The molecule has 3 rings (SSSR count). The Balaban J connectivity index is 1.81. The standard InChI is InChI=1S/C19H17NO4S/c1-10-8-15(11(2)12(3)17(10)21)24-14-6-4-13(5-7-14)9-16-18(22)20-19(23)25-16/h4-9,21H,1-3H3,(H,20,22,23)/b16-9-. The normalized spacial score (nSPS) is 15.6. The van der Waals surface area contributed by atoms with Crippen molar-refractivity contribution in [3.63, 3.8) is 0 Å². The number of phenols is 1. The van der Waals surface area contributed by atoms with Gasteiger partial charge in [0.25, 0.3) is 11.1 Å². The van der Waals surface area contributed by atoms with Crippen LogP contribution < -0.4 is 10.1 Å². The zero-order valence-electron chi connectivity index (χ0n) is 14.0. The molecule has 0 bridgehead atoms. The van der Waals surface area contributed by atoms with Crippen molar-refractivity contribution < 1.29 is 19.4 Å². The molecular formula is C19H17NO4S. The molecule has 1 aliphatic rings. The summed E-state index contributed by atoms with van der Waals surface area (Å²) in [7, 11) is 0. The number of carbonyl (C=O) groups excluding carboxylic acids is 2. The highest BCUT2D eigenvalue weighted by atomic mass is 32.2. The fourth-order valence-electron chi connectivity index (χ4n) is 2.47. The van der Waals surface area contributed by atoms with Crippen molar-refractivity contribution in [3.8, 4) is 17.2 Å². The van der Waals surface area contributed by atoms with E-state index in [4.69, 9.17) is 4.74 Å². The van der Waals surface area contributed by atoms with Gasteiger partial charge >= 0.3 is 0 Å². The van der Waals surface area contributed by atoms with E-state index in [9.17, 15) is 14.7 Å². The summed E-state index contributed by atoms with van der Waals surface area (Å²) in [5.74, 6) is 1.25. The second-order valence-corrected chi connectivity index (χ2v) is 6.83. The van der Waals surface area contributed by atoms with Crippen LogP contribution in [0.2, 0.25) is 0 Å². The summed E-state index contributed by atoms with van der Waals surface area (Å²) in [6.45, 7) is 5.58. The number of ether oxygens (including phenoxy) is 1. The quantitative estimate of drug-likeness (QED) is 0.797. The largest absolute Gasteiger partial charge is 0.507 e. The predicted molar refractivity (Wildman–Crippen MR) is 97.9 cm³/mol. The smallest absolute Gasteiger partial charge is 0.290 e. The monoisotopic (exact) mass is 355 g/mol. The maximum Gasteiger partial charge on any atom is 0.290 e. The fourth-order valence-corrected chi connectivity index (χ4v) is 3.15. The minimum atomic E-state index is -0.374. The molecule has 1 saturated heterocycles. The third kappa shape index (κ3) is 3.53. The molecule has 0 saturated carbocycles. The molecule has 6 heteroatoms. The highest BCUT2D eigenvalue weighted by Gasteiger charge is 2.24. The molecule has 0 radical (unpaired) electrons. The van der Waals surface area contributed by atoms with Crippen LogP contribution in [-0.2, 0) is 4.79 Å². The van der Waals surface area contributed by atoms with Crippen LogP contribution in [0.15, 0.2) is 35.2 Å². The van der Waals surface area contributed by atoms with Crippen LogP contribution in [0.25, 0.3) is 6.08 Å². The predicted octanol–water partition coefficient (Wildman–Crippen LogP) is 4.43. The Morgan fingerprint density at radius 2 is 1.76 bits per heavy atom.